The van der Waals surface area contributed by atoms with Crippen molar-refractivity contribution in [1.82, 2.24) is 0 Å². The Labute approximate surface area is 121 Å². The minimum absolute atomic E-state index is 0.0449. The first kappa shape index (κ1) is 14.5. The van der Waals surface area contributed by atoms with E-state index in [0.717, 1.165) is 6.07 Å². The Hall–Kier alpha value is -2.95. The minimum atomic E-state index is -0.507. The molecule has 0 aliphatic rings. The molecule has 0 amide bonds. The summed E-state index contributed by atoms with van der Waals surface area (Å²) in [6.07, 6.45) is 2.65. The molecular weight excluding hydrogens is 272 g/mol. The number of benzene rings is 2. The maximum atomic E-state index is 12.2. The zero-order chi connectivity index (χ0) is 15.4. The van der Waals surface area contributed by atoms with E-state index in [0.29, 0.717) is 5.56 Å². The van der Waals surface area contributed by atoms with Crippen LogP contribution in [0, 0.1) is 0 Å². The number of hydrogen-bond acceptors (Lipinski definition) is 5. The first-order valence-corrected chi connectivity index (χ1v) is 6.13. The van der Waals surface area contributed by atoms with Gasteiger partial charge in [0.1, 0.15) is 28.6 Å². The number of carbonyl (C=O) groups is 1. The highest BCUT2D eigenvalue weighted by Gasteiger charge is 2.16. The van der Waals surface area contributed by atoms with E-state index >= 15 is 0 Å². The second kappa shape index (κ2) is 6.00. The number of ketones is 1. The van der Waals surface area contributed by atoms with E-state index < -0.39 is 5.78 Å². The van der Waals surface area contributed by atoms with Gasteiger partial charge in [-0.15, -0.1) is 0 Å². The van der Waals surface area contributed by atoms with E-state index in [1.165, 1.54) is 31.4 Å². The average molecular weight is 286 g/mol. The molecule has 2 aromatic carbocycles. The molecule has 0 unspecified atom stereocenters. The van der Waals surface area contributed by atoms with Crippen molar-refractivity contribution in [1.29, 1.82) is 0 Å². The number of methoxy groups -OCH3 is 1. The highest BCUT2D eigenvalue weighted by molar-refractivity contribution is 6.10. The van der Waals surface area contributed by atoms with Gasteiger partial charge in [0.2, 0.25) is 0 Å². The number of carbonyl (C=O) groups excluding carboxylic acids is 1. The zero-order valence-electron chi connectivity index (χ0n) is 11.3. The summed E-state index contributed by atoms with van der Waals surface area (Å²) in [6, 6.07) is 8.84. The lowest BCUT2D eigenvalue weighted by molar-refractivity contribution is 0.104. The first-order valence-electron chi connectivity index (χ1n) is 6.13. The lowest BCUT2D eigenvalue weighted by Gasteiger charge is -2.08. The molecule has 2 rings (SSSR count). The third kappa shape index (κ3) is 3.14. The molecular formula is C16H14O5. The molecule has 0 saturated carbocycles. The molecule has 3 N–H and O–H groups in total. The van der Waals surface area contributed by atoms with Gasteiger partial charge in [0.25, 0.3) is 0 Å². The van der Waals surface area contributed by atoms with E-state index in [-0.39, 0.29) is 28.6 Å². The third-order valence-corrected chi connectivity index (χ3v) is 2.88. The van der Waals surface area contributed by atoms with Crippen molar-refractivity contribution < 1.29 is 24.9 Å². The standard InChI is InChI=1S/C16H14O5/c1-21-15-9-11(17)8-14(20)16(15)13(19)7-6-10-4-2-3-5-12(10)18/h2-9,17-18,20H,1H3/b7-6+. The molecule has 2 aromatic rings. The van der Waals surface area contributed by atoms with Crippen molar-refractivity contribution in [3.8, 4) is 23.0 Å². The number of ether oxygens (including phenoxy) is 1. The lowest BCUT2D eigenvalue weighted by Crippen LogP contribution is -1.99. The van der Waals surface area contributed by atoms with Crippen LogP contribution in [0.25, 0.3) is 6.08 Å². The summed E-state index contributed by atoms with van der Waals surface area (Å²) in [5.74, 6) is -0.972. The SMILES string of the molecule is COc1cc(O)cc(O)c1C(=O)/C=C/c1ccccc1O. The summed E-state index contributed by atoms with van der Waals surface area (Å²) in [7, 11) is 1.33. The number of hydrogen-bond donors (Lipinski definition) is 3. The second-order valence-corrected chi connectivity index (χ2v) is 4.30. The molecule has 21 heavy (non-hydrogen) atoms. The van der Waals surface area contributed by atoms with E-state index in [2.05, 4.69) is 0 Å². The van der Waals surface area contributed by atoms with Gasteiger partial charge in [0.05, 0.1) is 7.11 Å². The van der Waals surface area contributed by atoms with Crippen LogP contribution in [0.1, 0.15) is 15.9 Å². The quantitative estimate of drug-likeness (QED) is 0.594. The van der Waals surface area contributed by atoms with E-state index in [1.807, 2.05) is 0 Å². The fourth-order valence-electron chi connectivity index (χ4n) is 1.87. The van der Waals surface area contributed by atoms with Crippen LogP contribution in [-0.2, 0) is 0 Å². The van der Waals surface area contributed by atoms with Crippen molar-refractivity contribution in [2.24, 2.45) is 0 Å². The molecule has 0 aliphatic carbocycles. The molecule has 5 nitrogen and oxygen atoms in total. The van der Waals surface area contributed by atoms with Crippen molar-refractivity contribution in [2.45, 2.75) is 0 Å². The third-order valence-electron chi connectivity index (χ3n) is 2.88. The highest BCUT2D eigenvalue weighted by atomic mass is 16.5. The predicted octanol–water partition coefficient (Wildman–Crippen LogP) is 2.71. The maximum Gasteiger partial charge on any atom is 0.193 e. The molecule has 0 heterocycles. The normalized spacial score (nSPS) is 10.7. The highest BCUT2D eigenvalue weighted by Crippen LogP contribution is 2.33. The van der Waals surface area contributed by atoms with Gasteiger partial charge in [0.15, 0.2) is 5.78 Å². The molecule has 0 aromatic heterocycles. The molecule has 0 saturated heterocycles. The Morgan fingerprint density at radius 2 is 1.81 bits per heavy atom. The molecule has 0 spiro atoms. The van der Waals surface area contributed by atoms with Crippen LogP contribution in [-0.4, -0.2) is 28.2 Å². The van der Waals surface area contributed by atoms with Crippen LogP contribution < -0.4 is 4.74 Å². The molecule has 0 aliphatic heterocycles. The largest absolute Gasteiger partial charge is 0.508 e. The van der Waals surface area contributed by atoms with E-state index in [1.54, 1.807) is 18.2 Å². The van der Waals surface area contributed by atoms with E-state index in [4.69, 9.17) is 4.74 Å². The summed E-state index contributed by atoms with van der Waals surface area (Å²) < 4.78 is 4.98. The van der Waals surface area contributed by atoms with Crippen LogP contribution in [0.15, 0.2) is 42.5 Å². The summed E-state index contributed by atoms with van der Waals surface area (Å²) in [6.45, 7) is 0. The fourth-order valence-corrected chi connectivity index (χ4v) is 1.87. The van der Waals surface area contributed by atoms with Gasteiger partial charge in [0, 0.05) is 17.7 Å². The Morgan fingerprint density at radius 3 is 2.48 bits per heavy atom. The number of rotatable bonds is 4. The van der Waals surface area contributed by atoms with Gasteiger partial charge in [-0.2, -0.15) is 0 Å². The lowest BCUT2D eigenvalue weighted by atomic mass is 10.1. The summed E-state index contributed by atoms with van der Waals surface area (Å²) in [5.41, 5.74) is 0.421. The monoisotopic (exact) mass is 286 g/mol. The Bertz CT molecular complexity index is 704. The van der Waals surface area contributed by atoms with Gasteiger partial charge in [-0.3, -0.25) is 4.79 Å². The van der Waals surface area contributed by atoms with Crippen LogP contribution in [0.5, 0.6) is 23.0 Å². The summed E-state index contributed by atoms with van der Waals surface area (Å²) in [5, 5.41) is 28.8. The van der Waals surface area contributed by atoms with Crippen LogP contribution >= 0.6 is 0 Å². The number of allylic oxidation sites excluding steroid dienone is 1. The van der Waals surface area contributed by atoms with Gasteiger partial charge in [-0.1, -0.05) is 18.2 Å². The fraction of sp³-hybridized carbons (Fsp3) is 0.0625. The summed E-state index contributed by atoms with van der Waals surface area (Å²) in [4.78, 5) is 12.2. The van der Waals surface area contributed by atoms with Crippen LogP contribution in [0.3, 0.4) is 0 Å². The molecule has 5 heteroatoms. The first-order chi connectivity index (χ1) is 10.0. The Morgan fingerprint density at radius 1 is 1.10 bits per heavy atom. The Kier molecular flexibility index (Phi) is 4.13. The number of phenolic OH excluding ortho intramolecular Hbond substituents is 3. The van der Waals surface area contributed by atoms with Crippen molar-refractivity contribution in [3.63, 3.8) is 0 Å². The van der Waals surface area contributed by atoms with Crippen LogP contribution in [0.2, 0.25) is 0 Å². The van der Waals surface area contributed by atoms with Crippen LogP contribution in [0.4, 0.5) is 0 Å². The van der Waals surface area contributed by atoms with E-state index in [9.17, 15) is 20.1 Å². The van der Waals surface area contributed by atoms with Gasteiger partial charge in [-0.25, -0.2) is 0 Å². The Balaban J connectivity index is 2.35. The molecule has 108 valence electrons. The second-order valence-electron chi connectivity index (χ2n) is 4.30. The smallest absolute Gasteiger partial charge is 0.193 e. The zero-order valence-corrected chi connectivity index (χ0v) is 11.3. The number of aromatic hydroxyl groups is 3. The van der Waals surface area contributed by atoms with Gasteiger partial charge >= 0.3 is 0 Å². The van der Waals surface area contributed by atoms with Crippen molar-refractivity contribution in [3.05, 3.63) is 53.6 Å². The van der Waals surface area contributed by atoms with Gasteiger partial charge in [-0.05, 0) is 18.2 Å². The maximum absolute atomic E-state index is 12.2. The molecule has 0 radical (unpaired) electrons. The molecule has 0 fully saturated rings. The minimum Gasteiger partial charge on any atom is -0.508 e. The van der Waals surface area contributed by atoms with Crippen molar-refractivity contribution in [2.75, 3.05) is 7.11 Å². The van der Waals surface area contributed by atoms with Gasteiger partial charge < -0.3 is 20.1 Å². The predicted molar refractivity (Wildman–Crippen MR) is 77.8 cm³/mol. The number of para-hydroxylation sites is 1. The molecule has 0 atom stereocenters. The average Bonchev–Trinajstić information content (AvgIpc) is 2.45. The topological polar surface area (TPSA) is 87.0 Å². The number of phenols is 3. The summed E-state index contributed by atoms with van der Waals surface area (Å²) >= 11 is 0. The molecule has 0 bridgehead atoms. The van der Waals surface area contributed by atoms with Crippen molar-refractivity contribution >= 4 is 11.9 Å².